The molecule has 0 aromatic carbocycles. The van der Waals surface area contributed by atoms with Crippen LogP contribution in [-0.2, 0) is 6.42 Å². The summed E-state index contributed by atoms with van der Waals surface area (Å²) in [4.78, 5) is 4.23. The number of pyridine rings is 1. The molecule has 0 N–H and O–H groups in total. The van der Waals surface area contributed by atoms with Crippen LogP contribution in [-0.4, -0.2) is 9.38 Å². The van der Waals surface area contributed by atoms with Crippen molar-refractivity contribution in [2.45, 2.75) is 33.1 Å². The minimum absolute atomic E-state index is 0.807. The Bertz CT molecular complexity index is 429. The average Bonchev–Trinajstić information content (AvgIpc) is 2.64. The van der Waals surface area contributed by atoms with Gasteiger partial charge in [0.2, 0.25) is 0 Å². The largest absolute Gasteiger partial charge is 0.307 e. The van der Waals surface area contributed by atoms with Gasteiger partial charge in [0.1, 0.15) is 5.65 Å². The van der Waals surface area contributed by atoms with Gasteiger partial charge in [-0.25, -0.2) is 4.98 Å². The van der Waals surface area contributed by atoms with Crippen LogP contribution in [0.2, 0.25) is 0 Å². The molecular formula is C13H18N2. The highest BCUT2D eigenvalue weighted by molar-refractivity contribution is 5.39. The number of aryl methyl sites for hydroxylation is 1. The predicted molar refractivity (Wildman–Crippen MR) is 63.0 cm³/mol. The number of hydrogen-bond donors (Lipinski definition) is 0. The number of aromatic nitrogens is 2. The van der Waals surface area contributed by atoms with Crippen LogP contribution >= 0.6 is 0 Å². The van der Waals surface area contributed by atoms with Crippen molar-refractivity contribution in [2.24, 2.45) is 5.92 Å². The van der Waals surface area contributed by atoms with Gasteiger partial charge in [-0.05, 0) is 30.4 Å². The van der Waals surface area contributed by atoms with E-state index in [-0.39, 0.29) is 0 Å². The highest BCUT2D eigenvalue weighted by Crippen LogP contribution is 2.11. The molecule has 2 nitrogen and oxygen atoms in total. The van der Waals surface area contributed by atoms with E-state index in [2.05, 4.69) is 41.6 Å². The number of nitrogens with zero attached hydrogens (tertiary/aromatic N) is 2. The molecule has 2 aromatic heterocycles. The lowest BCUT2D eigenvalue weighted by Gasteiger charge is -2.05. The monoisotopic (exact) mass is 202 g/mol. The molecule has 0 unspecified atom stereocenters. The molecule has 0 bridgehead atoms. The Kier molecular flexibility index (Phi) is 3.05. The van der Waals surface area contributed by atoms with Gasteiger partial charge in [-0.2, -0.15) is 0 Å². The van der Waals surface area contributed by atoms with Gasteiger partial charge in [0.25, 0.3) is 0 Å². The quantitative estimate of drug-likeness (QED) is 0.743. The lowest BCUT2D eigenvalue weighted by Crippen LogP contribution is -1.93. The highest BCUT2D eigenvalue weighted by Gasteiger charge is 1.98. The van der Waals surface area contributed by atoms with Crippen LogP contribution < -0.4 is 0 Å². The third kappa shape index (κ3) is 2.58. The van der Waals surface area contributed by atoms with Crippen LogP contribution in [0.4, 0.5) is 0 Å². The summed E-state index contributed by atoms with van der Waals surface area (Å²) < 4.78 is 2.09. The first kappa shape index (κ1) is 10.2. The Balaban J connectivity index is 2.02. The van der Waals surface area contributed by atoms with Crippen molar-refractivity contribution in [3.63, 3.8) is 0 Å². The van der Waals surface area contributed by atoms with E-state index < -0.39 is 0 Å². The number of rotatable bonds is 4. The van der Waals surface area contributed by atoms with Crippen molar-refractivity contribution in [1.82, 2.24) is 9.38 Å². The summed E-state index contributed by atoms with van der Waals surface area (Å²) in [5.41, 5.74) is 2.43. The first-order valence-corrected chi connectivity index (χ1v) is 5.67. The maximum Gasteiger partial charge on any atom is 0.136 e. The van der Waals surface area contributed by atoms with Gasteiger partial charge in [-0.15, -0.1) is 0 Å². The third-order valence-electron chi connectivity index (χ3n) is 2.70. The SMILES string of the molecule is CC(C)CCCc1ccc2nccn2c1. The zero-order valence-electron chi connectivity index (χ0n) is 9.48. The maximum absolute atomic E-state index is 4.23. The van der Waals surface area contributed by atoms with Crippen LogP contribution in [0.3, 0.4) is 0 Å². The zero-order chi connectivity index (χ0) is 10.7. The lowest BCUT2D eigenvalue weighted by atomic mass is 10.0. The minimum atomic E-state index is 0.807. The third-order valence-corrected chi connectivity index (χ3v) is 2.70. The van der Waals surface area contributed by atoms with Crippen molar-refractivity contribution in [3.05, 3.63) is 36.3 Å². The molecule has 0 spiro atoms. The Morgan fingerprint density at radius 2 is 2.20 bits per heavy atom. The second-order valence-electron chi connectivity index (χ2n) is 4.52. The molecule has 0 aliphatic heterocycles. The number of imidazole rings is 1. The van der Waals surface area contributed by atoms with Gasteiger partial charge in [0.15, 0.2) is 0 Å². The molecule has 80 valence electrons. The van der Waals surface area contributed by atoms with Crippen LogP contribution in [0, 0.1) is 5.92 Å². The summed E-state index contributed by atoms with van der Waals surface area (Å²) in [6, 6.07) is 4.27. The molecule has 0 saturated heterocycles. The standard InChI is InChI=1S/C13H18N2/c1-11(2)4-3-5-12-6-7-13-14-8-9-15(13)10-12/h6-11H,3-5H2,1-2H3. The van der Waals surface area contributed by atoms with Crippen molar-refractivity contribution < 1.29 is 0 Å². The summed E-state index contributed by atoms with van der Waals surface area (Å²) in [6.07, 6.45) is 9.78. The molecule has 0 aliphatic carbocycles. The molecule has 0 fully saturated rings. The van der Waals surface area contributed by atoms with Gasteiger partial charge in [0.05, 0.1) is 0 Å². The van der Waals surface area contributed by atoms with Gasteiger partial charge >= 0.3 is 0 Å². The predicted octanol–water partition coefficient (Wildman–Crippen LogP) is 3.31. The minimum Gasteiger partial charge on any atom is -0.307 e. The summed E-state index contributed by atoms with van der Waals surface area (Å²) in [5, 5.41) is 0. The zero-order valence-corrected chi connectivity index (χ0v) is 9.48. The van der Waals surface area contributed by atoms with E-state index in [1.807, 2.05) is 12.4 Å². The molecule has 15 heavy (non-hydrogen) atoms. The maximum atomic E-state index is 4.23. The van der Waals surface area contributed by atoms with Crippen LogP contribution in [0.1, 0.15) is 32.3 Å². The van der Waals surface area contributed by atoms with Gasteiger partial charge < -0.3 is 4.40 Å². The van der Waals surface area contributed by atoms with E-state index in [0.29, 0.717) is 0 Å². The fourth-order valence-electron chi connectivity index (χ4n) is 1.83. The second-order valence-corrected chi connectivity index (χ2v) is 4.52. The Morgan fingerprint density at radius 1 is 1.33 bits per heavy atom. The Hall–Kier alpha value is -1.31. The topological polar surface area (TPSA) is 17.3 Å². The Morgan fingerprint density at radius 3 is 3.00 bits per heavy atom. The molecule has 2 heteroatoms. The molecule has 0 aliphatic rings. The fraction of sp³-hybridized carbons (Fsp3) is 0.462. The van der Waals surface area contributed by atoms with Crippen molar-refractivity contribution in [1.29, 1.82) is 0 Å². The van der Waals surface area contributed by atoms with E-state index in [4.69, 9.17) is 0 Å². The molecule has 0 amide bonds. The van der Waals surface area contributed by atoms with Gasteiger partial charge in [-0.3, -0.25) is 0 Å². The second kappa shape index (κ2) is 4.47. The molecule has 0 radical (unpaired) electrons. The van der Waals surface area contributed by atoms with Crippen molar-refractivity contribution >= 4 is 5.65 Å². The average molecular weight is 202 g/mol. The summed E-state index contributed by atoms with van der Waals surface area (Å²) in [6.45, 7) is 4.55. The smallest absolute Gasteiger partial charge is 0.136 e. The molecule has 0 atom stereocenters. The number of hydrogen-bond acceptors (Lipinski definition) is 1. The fourth-order valence-corrected chi connectivity index (χ4v) is 1.83. The molecule has 2 aromatic rings. The molecular weight excluding hydrogens is 184 g/mol. The molecule has 2 heterocycles. The summed E-state index contributed by atoms with van der Waals surface area (Å²) in [5.74, 6) is 0.807. The van der Waals surface area contributed by atoms with Crippen molar-refractivity contribution in [2.75, 3.05) is 0 Å². The molecule has 0 saturated carbocycles. The Labute approximate surface area is 91.0 Å². The lowest BCUT2D eigenvalue weighted by molar-refractivity contribution is 0.555. The van der Waals surface area contributed by atoms with E-state index in [9.17, 15) is 0 Å². The summed E-state index contributed by atoms with van der Waals surface area (Å²) >= 11 is 0. The van der Waals surface area contributed by atoms with Gasteiger partial charge in [0, 0.05) is 18.6 Å². The first-order valence-electron chi connectivity index (χ1n) is 5.67. The first-order chi connectivity index (χ1) is 7.25. The van der Waals surface area contributed by atoms with Crippen LogP contribution in [0.15, 0.2) is 30.7 Å². The molecule has 2 rings (SSSR count). The van der Waals surface area contributed by atoms with E-state index in [1.54, 1.807) is 0 Å². The number of fused-ring (bicyclic) bond motifs is 1. The van der Waals surface area contributed by atoms with E-state index in [0.717, 1.165) is 11.6 Å². The normalized spacial score (nSPS) is 11.4. The summed E-state index contributed by atoms with van der Waals surface area (Å²) in [7, 11) is 0. The van der Waals surface area contributed by atoms with Crippen molar-refractivity contribution in [3.8, 4) is 0 Å². The van der Waals surface area contributed by atoms with E-state index in [1.165, 1.54) is 24.8 Å². The van der Waals surface area contributed by atoms with E-state index >= 15 is 0 Å². The van der Waals surface area contributed by atoms with Gasteiger partial charge in [-0.1, -0.05) is 26.3 Å². The van der Waals surface area contributed by atoms with Crippen LogP contribution in [0.5, 0.6) is 0 Å². The highest BCUT2D eigenvalue weighted by atomic mass is 15.0. The van der Waals surface area contributed by atoms with Crippen LogP contribution in [0.25, 0.3) is 5.65 Å².